The number of amides is 1. The average Bonchev–Trinajstić information content (AvgIpc) is 2.68. The van der Waals surface area contributed by atoms with Crippen molar-refractivity contribution >= 4 is 17.4 Å². The molecule has 0 radical (unpaired) electrons. The van der Waals surface area contributed by atoms with E-state index in [1.165, 1.54) is 5.56 Å². The minimum absolute atomic E-state index is 0.173. The molecule has 1 atom stereocenters. The third kappa shape index (κ3) is 2.39. The molecule has 1 aliphatic heterocycles. The van der Waals surface area contributed by atoms with Crippen molar-refractivity contribution in [2.24, 2.45) is 4.99 Å². The molecular weight excluding hydrogens is 202 g/mol. The summed E-state index contributed by atoms with van der Waals surface area (Å²) in [4.78, 5) is 15.9. The molecule has 4 heteroatoms. The largest absolute Gasteiger partial charge is 0.361 e. The fourth-order valence-electron chi connectivity index (χ4n) is 1.52. The van der Waals surface area contributed by atoms with E-state index in [2.05, 4.69) is 15.6 Å². The molecule has 1 aromatic carbocycles. The molecule has 4 nitrogen and oxygen atoms in total. The van der Waals surface area contributed by atoms with E-state index in [0.29, 0.717) is 12.4 Å². The SMILES string of the molecule is Cc1ccc(NC(=O)C2=NCC(C)N2)cc1. The van der Waals surface area contributed by atoms with E-state index in [-0.39, 0.29) is 11.9 Å². The maximum atomic E-state index is 11.7. The van der Waals surface area contributed by atoms with Crippen LogP contribution in [0.15, 0.2) is 29.3 Å². The van der Waals surface area contributed by atoms with Crippen molar-refractivity contribution < 1.29 is 4.79 Å². The van der Waals surface area contributed by atoms with Gasteiger partial charge in [0.15, 0.2) is 5.84 Å². The second-order valence-electron chi connectivity index (χ2n) is 4.05. The van der Waals surface area contributed by atoms with E-state index in [4.69, 9.17) is 0 Å². The van der Waals surface area contributed by atoms with Crippen LogP contribution >= 0.6 is 0 Å². The molecule has 1 aromatic rings. The van der Waals surface area contributed by atoms with Crippen LogP contribution in [-0.4, -0.2) is 24.3 Å². The van der Waals surface area contributed by atoms with Crippen LogP contribution in [0.4, 0.5) is 5.69 Å². The highest BCUT2D eigenvalue weighted by Crippen LogP contribution is 2.08. The summed E-state index contributed by atoms with van der Waals surface area (Å²) in [5, 5.41) is 5.82. The number of aliphatic imine (C=N–C) groups is 1. The summed E-state index contributed by atoms with van der Waals surface area (Å²) in [5.74, 6) is 0.251. The summed E-state index contributed by atoms with van der Waals surface area (Å²) in [7, 11) is 0. The van der Waals surface area contributed by atoms with Gasteiger partial charge in [0.2, 0.25) is 0 Å². The minimum atomic E-state index is -0.173. The molecule has 0 bridgehead atoms. The highest BCUT2D eigenvalue weighted by molar-refractivity contribution is 6.42. The van der Waals surface area contributed by atoms with Crippen molar-refractivity contribution in [2.45, 2.75) is 19.9 Å². The van der Waals surface area contributed by atoms with Gasteiger partial charge in [-0.15, -0.1) is 0 Å². The Morgan fingerprint density at radius 3 is 2.69 bits per heavy atom. The number of nitrogens with one attached hydrogen (secondary N) is 2. The van der Waals surface area contributed by atoms with E-state index in [1.54, 1.807) is 0 Å². The standard InChI is InChI=1S/C12H15N3O/c1-8-3-5-10(6-4-8)15-12(16)11-13-7-9(2)14-11/h3-6,9H,7H2,1-2H3,(H,13,14)(H,15,16). The number of aryl methyl sites for hydroxylation is 1. The molecule has 1 heterocycles. The predicted octanol–water partition coefficient (Wildman–Crippen LogP) is 1.32. The van der Waals surface area contributed by atoms with Crippen molar-refractivity contribution in [3.8, 4) is 0 Å². The first kappa shape index (κ1) is 10.7. The minimum Gasteiger partial charge on any atom is -0.361 e. The normalized spacial score (nSPS) is 18.9. The van der Waals surface area contributed by atoms with Gasteiger partial charge in [-0.05, 0) is 26.0 Å². The van der Waals surface area contributed by atoms with Crippen LogP contribution in [0.2, 0.25) is 0 Å². The van der Waals surface area contributed by atoms with Gasteiger partial charge in [0.05, 0.1) is 6.54 Å². The van der Waals surface area contributed by atoms with Crippen molar-refractivity contribution in [1.82, 2.24) is 5.32 Å². The lowest BCUT2D eigenvalue weighted by atomic mass is 10.2. The number of benzene rings is 1. The smallest absolute Gasteiger partial charge is 0.290 e. The number of rotatable bonds is 2. The Bertz CT molecular complexity index is 422. The first-order chi connectivity index (χ1) is 7.65. The summed E-state index contributed by atoms with van der Waals surface area (Å²) in [5.41, 5.74) is 1.96. The number of anilines is 1. The van der Waals surface area contributed by atoms with Crippen LogP contribution in [0.3, 0.4) is 0 Å². The molecule has 0 saturated heterocycles. The van der Waals surface area contributed by atoms with E-state index in [9.17, 15) is 4.79 Å². The zero-order chi connectivity index (χ0) is 11.5. The van der Waals surface area contributed by atoms with Gasteiger partial charge in [-0.1, -0.05) is 17.7 Å². The molecule has 16 heavy (non-hydrogen) atoms. The van der Waals surface area contributed by atoms with Crippen LogP contribution in [0.25, 0.3) is 0 Å². The zero-order valence-corrected chi connectivity index (χ0v) is 9.45. The molecule has 0 aromatic heterocycles. The predicted molar refractivity (Wildman–Crippen MR) is 64.7 cm³/mol. The van der Waals surface area contributed by atoms with Crippen LogP contribution in [0, 0.1) is 6.92 Å². The number of hydrogen-bond donors (Lipinski definition) is 2. The molecule has 1 unspecified atom stereocenters. The van der Waals surface area contributed by atoms with Crippen LogP contribution in [0.1, 0.15) is 12.5 Å². The number of hydrogen-bond acceptors (Lipinski definition) is 3. The molecule has 0 aliphatic carbocycles. The maximum absolute atomic E-state index is 11.7. The molecule has 1 aliphatic rings. The summed E-state index contributed by atoms with van der Waals surface area (Å²) >= 11 is 0. The molecule has 1 amide bonds. The second-order valence-corrected chi connectivity index (χ2v) is 4.05. The van der Waals surface area contributed by atoms with E-state index >= 15 is 0 Å². The Hall–Kier alpha value is -1.84. The van der Waals surface area contributed by atoms with E-state index < -0.39 is 0 Å². The Morgan fingerprint density at radius 2 is 2.12 bits per heavy atom. The van der Waals surface area contributed by atoms with Crippen molar-refractivity contribution in [1.29, 1.82) is 0 Å². The average molecular weight is 217 g/mol. The Labute approximate surface area is 94.8 Å². The molecule has 0 spiro atoms. The maximum Gasteiger partial charge on any atom is 0.290 e. The van der Waals surface area contributed by atoms with Crippen molar-refractivity contribution in [2.75, 3.05) is 11.9 Å². The Balaban J connectivity index is 2.00. The molecular formula is C12H15N3O. The highest BCUT2D eigenvalue weighted by Gasteiger charge is 2.19. The summed E-state index contributed by atoms with van der Waals surface area (Å²) in [6, 6.07) is 7.93. The molecule has 0 fully saturated rings. The lowest BCUT2D eigenvalue weighted by Gasteiger charge is -2.07. The van der Waals surface area contributed by atoms with Gasteiger partial charge < -0.3 is 10.6 Å². The molecule has 0 saturated carbocycles. The monoisotopic (exact) mass is 217 g/mol. The van der Waals surface area contributed by atoms with Crippen LogP contribution in [-0.2, 0) is 4.79 Å². The van der Waals surface area contributed by atoms with Crippen molar-refractivity contribution in [3.05, 3.63) is 29.8 Å². The number of carbonyl (C=O) groups excluding carboxylic acids is 1. The first-order valence-electron chi connectivity index (χ1n) is 5.34. The Kier molecular flexibility index (Phi) is 2.90. The first-order valence-corrected chi connectivity index (χ1v) is 5.34. The summed E-state index contributed by atoms with van der Waals surface area (Å²) in [6.45, 7) is 4.67. The van der Waals surface area contributed by atoms with Crippen LogP contribution < -0.4 is 10.6 Å². The van der Waals surface area contributed by atoms with Gasteiger partial charge in [-0.25, -0.2) is 0 Å². The fraction of sp³-hybridized carbons (Fsp3) is 0.333. The zero-order valence-electron chi connectivity index (χ0n) is 9.45. The topological polar surface area (TPSA) is 53.5 Å². The van der Waals surface area contributed by atoms with Gasteiger partial charge >= 0.3 is 0 Å². The van der Waals surface area contributed by atoms with Gasteiger partial charge in [-0.3, -0.25) is 9.79 Å². The third-order valence-electron chi connectivity index (χ3n) is 2.43. The second kappa shape index (κ2) is 4.35. The number of amidine groups is 1. The summed E-state index contributed by atoms with van der Waals surface area (Å²) in [6.07, 6.45) is 0. The van der Waals surface area contributed by atoms with Gasteiger partial charge in [0.25, 0.3) is 5.91 Å². The number of nitrogens with zero attached hydrogens (tertiary/aromatic N) is 1. The molecule has 2 rings (SSSR count). The van der Waals surface area contributed by atoms with Crippen molar-refractivity contribution in [3.63, 3.8) is 0 Å². The summed E-state index contributed by atoms with van der Waals surface area (Å²) < 4.78 is 0. The van der Waals surface area contributed by atoms with Gasteiger partial charge in [0.1, 0.15) is 0 Å². The Morgan fingerprint density at radius 1 is 1.44 bits per heavy atom. The van der Waals surface area contributed by atoms with Gasteiger partial charge in [0, 0.05) is 11.7 Å². The quantitative estimate of drug-likeness (QED) is 0.785. The molecule has 84 valence electrons. The van der Waals surface area contributed by atoms with Gasteiger partial charge in [-0.2, -0.15) is 0 Å². The fourth-order valence-corrected chi connectivity index (χ4v) is 1.52. The third-order valence-corrected chi connectivity index (χ3v) is 2.43. The highest BCUT2D eigenvalue weighted by atomic mass is 16.2. The lowest BCUT2D eigenvalue weighted by molar-refractivity contribution is -0.110. The molecule has 2 N–H and O–H groups in total. The number of carbonyl (C=O) groups is 1. The van der Waals surface area contributed by atoms with E-state index in [1.807, 2.05) is 38.1 Å². The van der Waals surface area contributed by atoms with Crippen LogP contribution in [0.5, 0.6) is 0 Å². The lowest BCUT2D eigenvalue weighted by Crippen LogP contribution is -2.36. The van der Waals surface area contributed by atoms with E-state index in [0.717, 1.165) is 5.69 Å².